The van der Waals surface area contributed by atoms with Gasteiger partial charge in [-0.15, -0.1) is 0 Å². The Labute approximate surface area is 183 Å². The van der Waals surface area contributed by atoms with Crippen LogP contribution < -0.4 is 0 Å². The van der Waals surface area contributed by atoms with E-state index in [0.29, 0.717) is 12.5 Å². The number of rotatable bonds is 10. The average molecular weight is 413 g/mol. The Morgan fingerprint density at radius 2 is 1.90 bits per heavy atom. The number of carbonyl (C=O) groups excluding carboxylic acids is 1. The van der Waals surface area contributed by atoms with Crippen LogP contribution in [0.4, 0.5) is 0 Å². The van der Waals surface area contributed by atoms with E-state index in [1.54, 1.807) is 0 Å². The van der Waals surface area contributed by atoms with Crippen molar-refractivity contribution in [2.45, 2.75) is 92.3 Å². The molecule has 0 unspecified atom stereocenters. The smallest absolute Gasteiger partial charge is 0.303 e. The molecule has 1 fully saturated rings. The van der Waals surface area contributed by atoms with Crippen LogP contribution in [0, 0.1) is 28.6 Å². The molecule has 0 bridgehead atoms. The first-order chi connectivity index (χ1) is 14.3. The molecule has 1 aromatic rings. The minimum Gasteiger partial charge on any atom is -0.449 e. The summed E-state index contributed by atoms with van der Waals surface area (Å²) in [6, 6.07) is 10.3. The quantitative estimate of drug-likeness (QED) is 0.248. The molecule has 0 aliphatic heterocycles. The van der Waals surface area contributed by atoms with Crippen LogP contribution in [-0.4, -0.2) is 18.7 Å². The molecular weight excluding hydrogens is 372 g/mol. The lowest BCUT2D eigenvalue weighted by Gasteiger charge is -2.38. The highest BCUT2D eigenvalue weighted by molar-refractivity contribution is 5.66. The van der Waals surface area contributed by atoms with E-state index >= 15 is 0 Å². The molecule has 3 atom stereocenters. The third kappa shape index (κ3) is 6.88. The van der Waals surface area contributed by atoms with Crippen molar-refractivity contribution >= 4 is 5.97 Å². The number of hydrogen-bond donors (Lipinski definition) is 0. The summed E-state index contributed by atoms with van der Waals surface area (Å²) < 4.78 is 11.6. The van der Waals surface area contributed by atoms with E-state index in [9.17, 15) is 4.79 Å². The molecule has 0 heterocycles. The Hall–Kier alpha value is -1.79. The maximum atomic E-state index is 11.5. The van der Waals surface area contributed by atoms with Gasteiger partial charge in [0.05, 0.1) is 13.2 Å². The fourth-order valence-corrected chi connectivity index (χ4v) is 4.36. The molecule has 1 aliphatic rings. The normalized spacial score (nSPS) is 23.4. The maximum absolute atomic E-state index is 11.5. The minimum absolute atomic E-state index is 0.0413. The second kappa shape index (κ2) is 11.6. The third-order valence-corrected chi connectivity index (χ3v) is 7.00. The standard InChI is InChI=1S/C27H40O3/c1-6-7-8-12-15-25(30-22(2)28)17-19-27(5)18-16-24(26(27,3)4)21-29-20-23-13-10-9-11-14-23/h9-11,13-14,24-25H,6-8,12,15-16,18,20-21H2,1-5H3/t24-,25+,27+/m1/s1. The van der Waals surface area contributed by atoms with Gasteiger partial charge in [0.15, 0.2) is 6.10 Å². The first-order valence-electron chi connectivity index (χ1n) is 11.6. The van der Waals surface area contributed by atoms with E-state index in [-0.39, 0.29) is 22.9 Å². The highest BCUT2D eigenvalue weighted by atomic mass is 16.5. The molecule has 3 heteroatoms. The van der Waals surface area contributed by atoms with Crippen LogP contribution in [0.2, 0.25) is 0 Å². The van der Waals surface area contributed by atoms with Gasteiger partial charge < -0.3 is 9.47 Å². The molecule has 3 nitrogen and oxygen atoms in total. The lowest BCUT2D eigenvalue weighted by Crippen LogP contribution is -2.35. The molecule has 1 aliphatic carbocycles. The summed E-state index contributed by atoms with van der Waals surface area (Å²) in [6.07, 6.45) is 7.33. The lowest BCUT2D eigenvalue weighted by molar-refractivity contribution is -0.144. The van der Waals surface area contributed by atoms with Crippen molar-refractivity contribution in [1.29, 1.82) is 0 Å². The second-order valence-electron chi connectivity index (χ2n) is 9.51. The molecule has 2 rings (SSSR count). The first-order valence-corrected chi connectivity index (χ1v) is 11.6. The summed E-state index contributed by atoms with van der Waals surface area (Å²) in [5.41, 5.74) is 1.15. The fraction of sp³-hybridized carbons (Fsp3) is 0.667. The highest BCUT2D eigenvalue weighted by Gasteiger charge is 2.50. The van der Waals surface area contributed by atoms with Crippen molar-refractivity contribution in [1.82, 2.24) is 0 Å². The molecule has 0 amide bonds. The van der Waals surface area contributed by atoms with E-state index < -0.39 is 0 Å². The SMILES string of the molecule is CCCCCC[C@@H](C#C[C@]1(C)CC[C@H](COCc2ccccc2)C1(C)C)OC(C)=O. The van der Waals surface area contributed by atoms with E-state index in [2.05, 4.69) is 51.7 Å². The Morgan fingerprint density at radius 1 is 1.17 bits per heavy atom. The Kier molecular flexibility index (Phi) is 9.43. The molecule has 30 heavy (non-hydrogen) atoms. The van der Waals surface area contributed by atoms with Gasteiger partial charge in [-0.2, -0.15) is 0 Å². The molecule has 0 spiro atoms. The predicted molar refractivity (Wildman–Crippen MR) is 123 cm³/mol. The van der Waals surface area contributed by atoms with Crippen LogP contribution in [0.1, 0.15) is 85.1 Å². The molecule has 166 valence electrons. The lowest BCUT2D eigenvalue weighted by atomic mass is 9.66. The summed E-state index contributed by atoms with van der Waals surface area (Å²) in [7, 11) is 0. The van der Waals surface area contributed by atoms with E-state index in [0.717, 1.165) is 32.3 Å². The van der Waals surface area contributed by atoms with Gasteiger partial charge in [-0.25, -0.2) is 0 Å². The number of esters is 1. The number of benzene rings is 1. The van der Waals surface area contributed by atoms with E-state index in [1.165, 1.54) is 31.7 Å². The van der Waals surface area contributed by atoms with Gasteiger partial charge in [0, 0.05) is 12.3 Å². The Bertz CT molecular complexity index is 713. The zero-order valence-corrected chi connectivity index (χ0v) is 19.6. The third-order valence-electron chi connectivity index (χ3n) is 7.00. The number of hydrogen-bond acceptors (Lipinski definition) is 3. The molecule has 1 aromatic carbocycles. The summed E-state index contributed by atoms with van der Waals surface area (Å²) in [6.45, 7) is 12.0. The topological polar surface area (TPSA) is 35.5 Å². The minimum atomic E-state index is -0.291. The molecule has 0 radical (unpaired) electrons. The van der Waals surface area contributed by atoms with Gasteiger partial charge in [0.2, 0.25) is 0 Å². The summed E-state index contributed by atoms with van der Waals surface area (Å²) in [5.74, 6) is 7.11. The zero-order valence-electron chi connectivity index (χ0n) is 19.6. The molecular formula is C27H40O3. The average Bonchev–Trinajstić information content (AvgIpc) is 2.93. The molecule has 0 saturated heterocycles. The summed E-state index contributed by atoms with van der Waals surface area (Å²) in [5, 5.41) is 0. The van der Waals surface area contributed by atoms with Gasteiger partial charge in [0.1, 0.15) is 0 Å². The first kappa shape index (κ1) is 24.5. The van der Waals surface area contributed by atoms with Crippen LogP contribution in [0.25, 0.3) is 0 Å². The Morgan fingerprint density at radius 3 is 2.57 bits per heavy atom. The number of ether oxygens (including phenoxy) is 2. The summed E-state index contributed by atoms with van der Waals surface area (Å²) >= 11 is 0. The van der Waals surface area contributed by atoms with Crippen LogP contribution in [0.5, 0.6) is 0 Å². The van der Waals surface area contributed by atoms with Gasteiger partial charge >= 0.3 is 5.97 Å². The van der Waals surface area contributed by atoms with Crippen molar-refractivity contribution in [2.75, 3.05) is 6.61 Å². The van der Waals surface area contributed by atoms with E-state index in [1.807, 2.05) is 18.2 Å². The Balaban J connectivity index is 1.97. The number of carbonyl (C=O) groups is 1. The molecule has 0 N–H and O–H groups in total. The van der Waals surface area contributed by atoms with Crippen molar-refractivity contribution < 1.29 is 14.3 Å². The molecule has 1 saturated carbocycles. The second-order valence-corrected chi connectivity index (χ2v) is 9.51. The molecule has 0 aromatic heterocycles. The van der Waals surface area contributed by atoms with E-state index in [4.69, 9.17) is 9.47 Å². The highest BCUT2D eigenvalue weighted by Crippen LogP contribution is 2.55. The van der Waals surface area contributed by atoms with Crippen LogP contribution in [0.3, 0.4) is 0 Å². The van der Waals surface area contributed by atoms with Crippen molar-refractivity contribution in [3.8, 4) is 11.8 Å². The van der Waals surface area contributed by atoms with Gasteiger partial charge in [0.25, 0.3) is 0 Å². The van der Waals surface area contributed by atoms with Crippen LogP contribution >= 0.6 is 0 Å². The van der Waals surface area contributed by atoms with Crippen molar-refractivity contribution in [2.24, 2.45) is 16.7 Å². The largest absolute Gasteiger partial charge is 0.449 e. The van der Waals surface area contributed by atoms with Crippen LogP contribution in [0.15, 0.2) is 30.3 Å². The zero-order chi connectivity index (χ0) is 22.0. The van der Waals surface area contributed by atoms with Crippen molar-refractivity contribution in [3.05, 3.63) is 35.9 Å². The van der Waals surface area contributed by atoms with Gasteiger partial charge in [-0.05, 0) is 49.5 Å². The van der Waals surface area contributed by atoms with Gasteiger partial charge in [-0.1, -0.05) is 82.2 Å². The maximum Gasteiger partial charge on any atom is 0.303 e. The monoisotopic (exact) mass is 412 g/mol. The fourth-order valence-electron chi connectivity index (χ4n) is 4.36. The number of unbranched alkanes of at least 4 members (excludes halogenated alkanes) is 3. The predicted octanol–water partition coefficient (Wildman–Crippen LogP) is 6.55. The van der Waals surface area contributed by atoms with Gasteiger partial charge in [-0.3, -0.25) is 4.79 Å². The van der Waals surface area contributed by atoms with Crippen LogP contribution in [-0.2, 0) is 20.9 Å². The van der Waals surface area contributed by atoms with Crippen molar-refractivity contribution in [3.63, 3.8) is 0 Å². The summed E-state index contributed by atoms with van der Waals surface area (Å²) in [4.78, 5) is 11.5.